The van der Waals surface area contributed by atoms with Gasteiger partial charge in [-0.05, 0) is 41.3 Å². The van der Waals surface area contributed by atoms with Gasteiger partial charge < -0.3 is 0 Å². The molecule has 1 saturated heterocycles. The number of nitrogens with zero attached hydrogens (tertiary/aromatic N) is 1. The lowest BCUT2D eigenvalue weighted by Crippen LogP contribution is -2.19. The summed E-state index contributed by atoms with van der Waals surface area (Å²) in [6.45, 7) is 6.08. The summed E-state index contributed by atoms with van der Waals surface area (Å²) in [6.07, 6.45) is 1.38. The zero-order chi connectivity index (χ0) is 8.39. The fourth-order valence-electron chi connectivity index (χ4n) is 1.81. The number of hydrogen-bond acceptors (Lipinski definition) is 2. The second kappa shape index (κ2) is 3.58. The molecule has 0 aliphatic carbocycles. The Kier molecular flexibility index (Phi) is 2.47. The molecule has 1 aliphatic heterocycles. The third kappa shape index (κ3) is 1.87. The van der Waals surface area contributed by atoms with E-state index in [2.05, 4.69) is 28.7 Å². The van der Waals surface area contributed by atoms with Gasteiger partial charge in [0.25, 0.3) is 0 Å². The lowest BCUT2D eigenvalue weighted by molar-refractivity contribution is 0.321. The first kappa shape index (κ1) is 8.27. The van der Waals surface area contributed by atoms with Crippen molar-refractivity contribution in [2.45, 2.75) is 19.9 Å². The molecular weight excluding hydrogens is 166 g/mol. The maximum absolute atomic E-state index is 2.55. The standard InChI is InChI=1S/C10H15NS/c1-9-2-4-11(6-9)7-10-3-5-12-8-10/h3,5,8-9H,2,4,6-7H2,1H3. The zero-order valence-corrected chi connectivity index (χ0v) is 8.31. The Morgan fingerprint density at radius 2 is 2.58 bits per heavy atom. The van der Waals surface area contributed by atoms with E-state index in [9.17, 15) is 0 Å². The topological polar surface area (TPSA) is 3.24 Å². The smallest absolute Gasteiger partial charge is 0.0242 e. The fraction of sp³-hybridized carbons (Fsp3) is 0.600. The van der Waals surface area contributed by atoms with Gasteiger partial charge in [-0.3, -0.25) is 4.90 Å². The van der Waals surface area contributed by atoms with Gasteiger partial charge >= 0.3 is 0 Å². The highest BCUT2D eigenvalue weighted by molar-refractivity contribution is 7.07. The van der Waals surface area contributed by atoms with E-state index in [1.54, 1.807) is 11.3 Å². The first-order valence-electron chi connectivity index (χ1n) is 4.58. The van der Waals surface area contributed by atoms with Crippen molar-refractivity contribution in [2.24, 2.45) is 5.92 Å². The van der Waals surface area contributed by atoms with Crippen molar-refractivity contribution in [2.75, 3.05) is 13.1 Å². The van der Waals surface area contributed by atoms with Crippen molar-refractivity contribution >= 4 is 11.3 Å². The third-order valence-corrected chi connectivity index (χ3v) is 3.23. The van der Waals surface area contributed by atoms with Crippen LogP contribution in [0, 0.1) is 5.92 Å². The summed E-state index contributed by atoms with van der Waals surface area (Å²) < 4.78 is 0. The van der Waals surface area contributed by atoms with Crippen molar-refractivity contribution in [3.05, 3.63) is 22.4 Å². The maximum atomic E-state index is 2.55. The van der Waals surface area contributed by atoms with Crippen LogP contribution in [-0.2, 0) is 6.54 Å². The number of hydrogen-bond donors (Lipinski definition) is 0. The lowest BCUT2D eigenvalue weighted by Gasteiger charge is -2.13. The Bertz CT molecular complexity index is 230. The number of thiophene rings is 1. The Hall–Kier alpha value is -0.340. The Morgan fingerprint density at radius 3 is 3.17 bits per heavy atom. The van der Waals surface area contributed by atoms with Crippen molar-refractivity contribution in [1.29, 1.82) is 0 Å². The fourth-order valence-corrected chi connectivity index (χ4v) is 2.47. The molecule has 0 amide bonds. The molecule has 0 saturated carbocycles. The highest BCUT2D eigenvalue weighted by Crippen LogP contribution is 2.18. The van der Waals surface area contributed by atoms with Gasteiger partial charge in [-0.2, -0.15) is 11.3 Å². The first-order valence-corrected chi connectivity index (χ1v) is 5.52. The van der Waals surface area contributed by atoms with Crippen LogP contribution >= 0.6 is 11.3 Å². The zero-order valence-electron chi connectivity index (χ0n) is 7.49. The van der Waals surface area contributed by atoms with Crippen LogP contribution in [0.2, 0.25) is 0 Å². The predicted octanol–water partition coefficient (Wildman–Crippen LogP) is 2.59. The molecule has 1 atom stereocenters. The van der Waals surface area contributed by atoms with E-state index in [1.807, 2.05) is 0 Å². The minimum absolute atomic E-state index is 0.906. The first-order chi connectivity index (χ1) is 5.84. The van der Waals surface area contributed by atoms with Gasteiger partial charge in [-0.15, -0.1) is 0 Å². The molecule has 2 heterocycles. The van der Waals surface area contributed by atoms with Crippen LogP contribution in [0.15, 0.2) is 16.8 Å². The Balaban J connectivity index is 1.88. The Labute approximate surface area is 78.0 Å². The van der Waals surface area contributed by atoms with Gasteiger partial charge in [-0.25, -0.2) is 0 Å². The van der Waals surface area contributed by atoms with Crippen LogP contribution in [0.1, 0.15) is 18.9 Å². The predicted molar refractivity (Wildman–Crippen MR) is 53.4 cm³/mol. The molecule has 1 aromatic heterocycles. The normalized spacial score (nSPS) is 24.9. The van der Waals surface area contributed by atoms with Crippen LogP contribution in [0.4, 0.5) is 0 Å². The van der Waals surface area contributed by atoms with E-state index in [0.29, 0.717) is 0 Å². The van der Waals surface area contributed by atoms with Crippen LogP contribution in [0.25, 0.3) is 0 Å². The summed E-state index contributed by atoms with van der Waals surface area (Å²) in [6, 6.07) is 2.23. The molecule has 1 aliphatic rings. The van der Waals surface area contributed by atoms with Gasteiger partial charge in [0.2, 0.25) is 0 Å². The molecule has 0 spiro atoms. The number of rotatable bonds is 2. The average Bonchev–Trinajstić information content (AvgIpc) is 2.63. The van der Waals surface area contributed by atoms with Crippen LogP contribution in [0.5, 0.6) is 0 Å². The quantitative estimate of drug-likeness (QED) is 0.678. The minimum atomic E-state index is 0.906. The third-order valence-electron chi connectivity index (χ3n) is 2.49. The van der Waals surface area contributed by atoms with Crippen LogP contribution in [0.3, 0.4) is 0 Å². The second-order valence-corrected chi connectivity index (χ2v) is 4.54. The average molecular weight is 181 g/mol. The molecule has 2 rings (SSSR count). The SMILES string of the molecule is CC1CCN(Cc2ccsc2)C1. The highest BCUT2D eigenvalue weighted by Gasteiger charge is 2.18. The summed E-state index contributed by atoms with van der Waals surface area (Å²) in [5.41, 5.74) is 1.48. The highest BCUT2D eigenvalue weighted by atomic mass is 32.1. The summed E-state index contributed by atoms with van der Waals surface area (Å²) in [7, 11) is 0. The maximum Gasteiger partial charge on any atom is 0.0242 e. The molecule has 1 fully saturated rings. The van der Waals surface area contributed by atoms with Gasteiger partial charge in [-0.1, -0.05) is 6.92 Å². The minimum Gasteiger partial charge on any atom is -0.299 e. The summed E-state index contributed by atoms with van der Waals surface area (Å²) in [4.78, 5) is 2.55. The van der Waals surface area contributed by atoms with Crippen LogP contribution in [-0.4, -0.2) is 18.0 Å². The van der Waals surface area contributed by atoms with Crippen LogP contribution < -0.4 is 0 Å². The van der Waals surface area contributed by atoms with Crippen molar-refractivity contribution in [1.82, 2.24) is 4.90 Å². The van der Waals surface area contributed by atoms with E-state index < -0.39 is 0 Å². The molecule has 0 bridgehead atoms. The molecule has 1 unspecified atom stereocenters. The summed E-state index contributed by atoms with van der Waals surface area (Å²) in [5.74, 6) is 0.906. The van der Waals surface area contributed by atoms with Crippen molar-refractivity contribution in [3.63, 3.8) is 0 Å². The monoisotopic (exact) mass is 181 g/mol. The summed E-state index contributed by atoms with van der Waals surface area (Å²) in [5, 5.41) is 4.41. The molecule has 66 valence electrons. The Morgan fingerprint density at radius 1 is 1.67 bits per heavy atom. The molecule has 12 heavy (non-hydrogen) atoms. The molecular formula is C10H15NS. The molecule has 0 radical (unpaired) electrons. The molecule has 1 nitrogen and oxygen atoms in total. The van der Waals surface area contributed by atoms with E-state index in [1.165, 1.54) is 25.1 Å². The molecule has 0 aromatic carbocycles. The molecule has 0 N–H and O–H groups in total. The van der Waals surface area contributed by atoms with E-state index in [4.69, 9.17) is 0 Å². The van der Waals surface area contributed by atoms with Crippen molar-refractivity contribution < 1.29 is 0 Å². The van der Waals surface area contributed by atoms with Gasteiger partial charge in [0.05, 0.1) is 0 Å². The lowest BCUT2D eigenvalue weighted by atomic mass is 10.2. The number of likely N-dealkylation sites (tertiary alicyclic amines) is 1. The van der Waals surface area contributed by atoms with Gasteiger partial charge in [0, 0.05) is 13.1 Å². The molecule has 1 aromatic rings. The van der Waals surface area contributed by atoms with Gasteiger partial charge in [0.15, 0.2) is 0 Å². The van der Waals surface area contributed by atoms with Gasteiger partial charge in [0.1, 0.15) is 0 Å². The largest absolute Gasteiger partial charge is 0.299 e. The second-order valence-electron chi connectivity index (χ2n) is 3.76. The van der Waals surface area contributed by atoms with E-state index in [-0.39, 0.29) is 0 Å². The molecule has 2 heteroatoms. The van der Waals surface area contributed by atoms with Crippen molar-refractivity contribution in [3.8, 4) is 0 Å². The summed E-state index contributed by atoms with van der Waals surface area (Å²) >= 11 is 1.80. The van der Waals surface area contributed by atoms with E-state index in [0.717, 1.165) is 12.5 Å². The van der Waals surface area contributed by atoms with E-state index >= 15 is 0 Å².